The summed E-state index contributed by atoms with van der Waals surface area (Å²) in [6.07, 6.45) is 6.51. The highest BCUT2D eigenvalue weighted by atomic mass is 16.5. The van der Waals surface area contributed by atoms with Crippen molar-refractivity contribution in [2.75, 3.05) is 6.61 Å². The van der Waals surface area contributed by atoms with Gasteiger partial charge in [0.25, 0.3) is 0 Å². The Balaban J connectivity index is 1.68. The van der Waals surface area contributed by atoms with E-state index in [1.807, 2.05) is 13.0 Å². The molecule has 0 heterocycles. The number of rotatable bonds is 6. The highest BCUT2D eigenvalue weighted by Gasteiger charge is 2.25. The average Bonchev–Trinajstić information content (AvgIpc) is 2.67. The third-order valence-electron chi connectivity index (χ3n) is 6.27. The van der Waals surface area contributed by atoms with Crippen molar-refractivity contribution in [2.45, 2.75) is 64.5 Å². The lowest BCUT2D eigenvalue weighted by Crippen LogP contribution is -2.36. The third kappa shape index (κ3) is 4.21. The first-order valence-corrected chi connectivity index (χ1v) is 10.0. The maximum Gasteiger partial charge on any atom is 0.120 e. The van der Waals surface area contributed by atoms with Gasteiger partial charge in [0.05, 0.1) is 18.2 Å². The van der Waals surface area contributed by atoms with Crippen molar-refractivity contribution < 1.29 is 9.84 Å². The standard InChI is InChI=1S/C23H33NO2/c1-4-16(2)17-6-10-21(11-7-17)26-22-12-8-18-13-20(23(3,24)15-25)9-5-19(18)14-22/h5,8-9,12-14,16-17,21,25H,4,6-7,10-11,15,24H2,1-3H3/t16?,17?,21?,23-/m0/s1. The Kier molecular flexibility index (Phi) is 5.89. The largest absolute Gasteiger partial charge is 0.490 e. The lowest BCUT2D eigenvalue weighted by molar-refractivity contribution is 0.113. The fourth-order valence-electron chi connectivity index (χ4n) is 4.04. The SMILES string of the molecule is CCC(C)C1CCC(Oc2ccc3cc([C@@](C)(N)CO)ccc3c2)CC1. The molecule has 0 saturated heterocycles. The lowest BCUT2D eigenvalue weighted by Gasteiger charge is -2.32. The van der Waals surface area contributed by atoms with Crippen molar-refractivity contribution in [2.24, 2.45) is 17.6 Å². The van der Waals surface area contributed by atoms with E-state index in [-0.39, 0.29) is 6.61 Å². The third-order valence-corrected chi connectivity index (χ3v) is 6.27. The van der Waals surface area contributed by atoms with E-state index in [4.69, 9.17) is 10.5 Å². The van der Waals surface area contributed by atoms with E-state index in [2.05, 4.69) is 44.2 Å². The first kappa shape index (κ1) is 19.2. The van der Waals surface area contributed by atoms with Crippen molar-refractivity contribution in [3.8, 4) is 5.75 Å². The topological polar surface area (TPSA) is 55.5 Å². The molecule has 0 spiro atoms. The van der Waals surface area contributed by atoms with Gasteiger partial charge in [0.2, 0.25) is 0 Å². The first-order valence-electron chi connectivity index (χ1n) is 10.0. The molecule has 142 valence electrons. The molecule has 0 amide bonds. The lowest BCUT2D eigenvalue weighted by atomic mass is 9.79. The average molecular weight is 356 g/mol. The van der Waals surface area contributed by atoms with Crippen molar-refractivity contribution in [3.05, 3.63) is 42.0 Å². The van der Waals surface area contributed by atoms with Gasteiger partial charge in [-0.2, -0.15) is 0 Å². The molecule has 1 fully saturated rings. The van der Waals surface area contributed by atoms with Crippen LogP contribution in [0.25, 0.3) is 10.8 Å². The smallest absolute Gasteiger partial charge is 0.120 e. The van der Waals surface area contributed by atoms with Crippen LogP contribution in [0.3, 0.4) is 0 Å². The number of aliphatic hydroxyl groups excluding tert-OH is 1. The summed E-state index contributed by atoms with van der Waals surface area (Å²) >= 11 is 0. The number of aliphatic hydroxyl groups is 1. The first-order chi connectivity index (χ1) is 12.4. The van der Waals surface area contributed by atoms with Gasteiger partial charge in [-0.05, 0) is 79.0 Å². The second-order valence-electron chi connectivity index (χ2n) is 8.34. The molecule has 3 nitrogen and oxygen atoms in total. The van der Waals surface area contributed by atoms with E-state index in [9.17, 15) is 5.11 Å². The maximum atomic E-state index is 9.47. The van der Waals surface area contributed by atoms with Gasteiger partial charge in [-0.25, -0.2) is 0 Å². The molecule has 1 saturated carbocycles. The van der Waals surface area contributed by atoms with Crippen LogP contribution >= 0.6 is 0 Å². The number of benzene rings is 2. The van der Waals surface area contributed by atoms with Gasteiger partial charge >= 0.3 is 0 Å². The summed E-state index contributed by atoms with van der Waals surface area (Å²) < 4.78 is 6.28. The minimum atomic E-state index is -0.711. The van der Waals surface area contributed by atoms with Crippen molar-refractivity contribution >= 4 is 10.8 Å². The molecule has 1 aliphatic rings. The Morgan fingerprint density at radius 2 is 1.77 bits per heavy atom. The number of hydrogen-bond donors (Lipinski definition) is 2. The fraction of sp³-hybridized carbons (Fsp3) is 0.565. The fourth-order valence-corrected chi connectivity index (χ4v) is 4.04. The summed E-state index contributed by atoms with van der Waals surface area (Å²) in [6, 6.07) is 12.4. The number of ether oxygens (including phenoxy) is 1. The summed E-state index contributed by atoms with van der Waals surface area (Å²) in [5.41, 5.74) is 6.39. The number of nitrogens with two attached hydrogens (primary N) is 1. The molecule has 0 aromatic heterocycles. The zero-order valence-corrected chi connectivity index (χ0v) is 16.4. The summed E-state index contributed by atoms with van der Waals surface area (Å²) in [5.74, 6) is 2.65. The predicted molar refractivity (Wildman–Crippen MR) is 108 cm³/mol. The predicted octanol–water partition coefficient (Wildman–Crippen LogP) is 4.99. The van der Waals surface area contributed by atoms with Gasteiger partial charge < -0.3 is 15.6 Å². The summed E-state index contributed by atoms with van der Waals surface area (Å²) in [7, 11) is 0. The second kappa shape index (κ2) is 7.98. The maximum absolute atomic E-state index is 9.47. The summed E-state index contributed by atoms with van der Waals surface area (Å²) in [6.45, 7) is 6.45. The van der Waals surface area contributed by atoms with Crippen LogP contribution in [0.5, 0.6) is 5.75 Å². The van der Waals surface area contributed by atoms with Crippen LogP contribution in [-0.4, -0.2) is 17.8 Å². The molecule has 2 aromatic carbocycles. The Labute approximate surface area is 157 Å². The molecule has 26 heavy (non-hydrogen) atoms. The van der Waals surface area contributed by atoms with Gasteiger partial charge in [-0.3, -0.25) is 0 Å². The zero-order chi connectivity index (χ0) is 18.7. The van der Waals surface area contributed by atoms with E-state index in [0.717, 1.165) is 46.8 Å². The van der Waals surface area contributed by atoms with Crippen LogP contribution < -0.4 is 10.5 Å². The van der Waals surface area contributed by atoms with Crippen molar-refractivity contribution in [1.82, 2.24) is 0 Å². The molecule has 1 unspecified atom stereocenters. The molecule has 0 bridgehead atoms. The van der Waals surface area contributed by atoms with Crippen LogP contribution in [0.2, 0.25) is 0 Å². The second-order valence-corrected chi connectivity index (χ2v) is 8.34. The van der Waals surface area contributed by atoms with Crippen LogP contribution in [-0.2, 0) is 5.54 Å². The highest BCUT2D eigenvalue weighted by molar-refractivity contribution is 5.84. The van der Waals surface area contributed by atoms with Gasteiger partial charge in [0, 0.05) is 0 Å². The van der Waals surface area contributed by atoms with Crippen molar-refractivity contribution in [3.63, 3.8) is 0 Å². The Morgan fingerprint density at radius 1 is 1.12 bits per heavy atom. The molecule has 0 radical (unpaired) electrons. The van der Waals surface area contributed by atoms with Gasteiger partial charge in [0.1, 0.15) is 5.75 Å². The Morgan fingerprint density at radius 3 is 2.42 bits per heavy atom. The normalized spacial score (nSPS) is 24.2. The molecule has 3 rings (SSSR count). The van der Waals surface area contributed by atoms with E-state index in [0.29, 0.717) is 6.10 Å². The van der Waals surface area contributed by atoms with Crippen molar-refractivity contribution in [1.29, 1.82) is 0 Å². The van der Waals surface area contributed by atoms with Crippen LogP contribution in [0.4, 0.5) is 0 Å². The van der Waals surface area contributed by atoms with E-state index < -0.39 is 5.54 Å². The minimum Gasteiger partial charge on any atom is -0.490 e. The summed E-state index contributed by atoms with van der Waals surface area (Å²) in [5, 5.41) is 11.7. The Bertz CT molecular complexity index is 732. The minimum absolute atomic E-state index is 0.0704. The van der Waals surface area contributed by atoms with E-state index in [1.54, 1.807) is 0 Å². The van der Waals surface area contributed by atoms with Gasteiger partial charge in [0.15, 0.2) is 0 Å². The molecule has 3 heteroatoms. The van der Waals surface area contributed by atoms with Crippen LogP contribution in [0, 0.1) is 11.8 Å². The molecule has 1 aliphatic carbocycles. The molecule has 2 atom stereocenters. The molecular weight excluding hydrogens is 322 g/mol. The van der Waals surface area contributed by atoms with Crippen LogP contribution in [0.1, 0.15) is 58.4 Å². The highest BCUT2D eigenvalue weighted by Crippen LogP contribution is 2.34. The number of fused-ring (bicyclic) bond motifs is 1. The molecular formula is C23H33NO2. The Hall–Kier alpha value is -1.58. The molecule has 0 aliphatic heterocycles. The van der Waals surface area contributed by atoms with Crippen LogP contribution in [0.15, 0.2) is 36.4 Å². The zero-order valence-electron chi connectivity index (χ0n) is 16.4. The molecule has 2 aromatic rings. The quantitative estimate of drug-likeness (QED) is 0.767. The van der Waals surface area contributed by atoms with Gasteiger partial charge in [-0.1, -0.05) is 38.5 Å². The van der Waals surface area contributed by atoms with E-state index in [1.165, 1.54) is 19.3 Å². The summed E-state index contributed by atoms with van der Waals surface area (Å²) in [4.78, 5) is 0. The van der Waals surface area contributed by atoms with E-state index >= 15 is 0 Å². The molecule has 3 N–H and O–H groups in total. The number of hydrogen-bond acceptors (Lipinski definition) is 3. The monoisotopic (exact) mass is 355 g/mol. The van der Waals surface area contributed by atoms with Gasteiger partial charge in [-0.15, -0.1) is 0 Å².